The maximum atomic E-state index is 12.3. The van der Waals surface area contributed by atoms with Gasteiger partial charge in [0.25, 0.3) is 0 Å². The fraction of sp³-hybridized carbons (Fsp3) is 0.381. The highest BCUT2D eigenvalue weighted by Crippen LogP contribution is 2.23. The molecule has 8 nitrogen and oxygen atoms in total. The van der Waals surface area contributed by atoms with E-state index in [4.69, 9.17) is 4.74 Å². The minimum Gasteiger partial charge on any atom is -0.497 e. The molecule has 0 aliphatic rings. The van der Waals surface area contributed by atoms with E-state index in [0.717, 1.165) is 18.1 Å². The summed E-state index contributed by atoms with van der Waals surface area (Å²) in [5.74, 6) is 0.318. The molecule has 2 aromatic carbocycles. The highest BCUT2D eigenvalue weighted by molar-refractivity contribution is 7.92. The zero-order chi connectivity index (χ0) is 23.2. The zero-order valence-corrected chi connectivity index (χ0v) is 19.7. The van der Waals surface area contributed by atoms with Crippen molar-refractivity contribution < 1.29 is 26.4 Å². The molecule has 0 saturated carbocycles. The molecule has 0 radical (unpaired) electrons. The number of carbonyl (C=O) groups excluding carboxylic acids is 1. The van der Waals surface area contributed by atoms with E-state index in [-0.39, 0.29) is 29.8 Å². The third kappa shape index (κ3) is 7.25. The highest BCUT2D eigenvalue weighted by Gasteiger charge is 2.19. The average molecular weight is 469 g/mol. The van der Waals surface area contributed by atoms with Crippen molar-refractivity contribution in [2.45, 2.75) is 30.7 Å². The van der Waals surface area contributed by atoms with E-state index in [9.17, 15) is 21.6 Å². The molecule has 0 bridgehead atoms. The topological polar surface area (TPSA) is 110 Å². The van der Waals surface area contributed by atoms with Gasteiger partial charge in [-0.25, -0.2) is 16.8 Å². The molecule has 1 N–H and O–H groups in total. The molecular weight excluding hydrogens is 440 g/mol. The van der Waals surface area contributed by atoms with Crippen LogP contribution >= 0.6 is 0 Å². The molecule has 0 aromatic heterocycles. The Morgan fingerprint density at radius 2 is 1.71 bits per heavy atom. The molecule has 170 valence electrons. The van der Waals surface area contributed by atoms with Gasteiger partial charge in [0.15, 0.2) is 9.84 Å². The lowest BCUT2D eigenvalue weighted by Crippen LogP contribution is -2.32. The van der Waals surface area contributed by atoms with Crippen molar-refractivity contribution in [1.82, 2.24) is 5.32 Å². The van der Waals surface area contributed by atoms with Crippen molar-refractivity contribution in [3.63, 3.8) is 0 Å². The van der Waals surface area contributed by atoms with Crippen LogP contribution in [0.15, 0.2) is 53.4 Å². The predicted molar refractivity (Wildman–Crippen MR) is 121 cm³/mol. The van der Waals surface area contributed by atoms with Gasteiger partial charge in [-0.1, -0.05) is 18.2 Å². The summed E-state index contributed by atoms with van der Waals surface area (Å²) in [5.41, 5.74) is 1.25. The molecule has 0 spiro atoms. The Labute approximate surface area is 184 Å². The molecule has 10 heteroatoms. The predicted octanol–water partition coefficient (Wildman–Crippen LogP) is 2.52. The van der Waals surface area contributed by atoms with Crippen molar-refractivity contribution in [3.05, 3.63) is 54.1 Å². The SMILES string of the molecule is COc1cccc(N(CCCC(=O)N[C@H](C)c2ccc(S(C)(=O)=O)cc2)S(C)(=O)=O)c1. The molecule has 2 aromatic rings. The number of hydrogen-bond donors (Lipinski definition) is 1. The van der Waals surface area contributed by atoms with Crippen molar-refractivity contribution in [2.75, 3.05) is 30.5 Å². The van der Waals surface area contributed by atoms with Crippen LogP contribution in [0.1, 0.15) is 31.4 Å². The summed E-state index contributed by atoms with van der Waals surface area (Å²) < 4.78 is 53.9. The Hall–Kier alpha value is -2.59. The molecular formula is C21H28N2O6S2. The van der Waals surface area contributed by atoms with Crippen LogP contribution in [0.4, 0.5) is 5.69 Å². The summed E-state index contributed by atoms with van der Waals surface area (Å²) in [7, 11) is -5.30. The first-order valence-electron chi connectivity index (χ1n) is 9.63. The Morgan fingerprint density at radius 3 is 2.26 bits per heavy atom. The maximum Gasteiger partial charge on any atom is 0.232 e. The number of ether oxygens (including phenoxy) is 1. The van der Waals surface area contributed by atoms with E-state index in [2.05, 4.69) is 5.32 Å². The van der Waals surface area contributed by atoms with E-state index < -0.39 is 19.9 Å². The van der Waals surface area contributed by atoms with Crippen molar-refractivity contribution in [3.8, 4) is 5.75 Å². The van der Waals surface area contributed by atoms with Crippen LogP contribution < -0.4 is 14.4 Å². The first-order valence-corrected chi connectivity index (χ1v) is 13.4. The average Bonchev–Trinajstić information content (AvgIpc) is 2.69. The van der Waals surface area contributed by atoms with E-state index in [1.165, 1.54) is 23.5 Å². The van der Waals surface area contributed by atoms with Gasteiger partial charge < -0.3 is 10.1 Å². The summed E-state index contributed by atoms with van der Waals surface area (Å²) in [6, 6.07) is 12.7. The first kappa shape index (κ1) is 24.7. The van der Waals surface area contributed by atoms with Crippen LogP contribution in [-0.4, -0.2) is 48.9 Å². The van der Waals surface area contributed by atoms with Crippen LogP contribution in [0, 0.1) is 0 Å². The minimum absolute atomic E-state index is 0.141. The molecule has 0 aliphatic carbocycles. The number of amides is 1. The summed E-state index contributed by atoms with van der Waals surface area (Å²) in [4.78, 5) is 12.5. The number of nitrogens with zero attached hydrogens (tertiary/aromatic N) is 1. The number of methoxy groups -OCH3 is 1. The van der Waals surface area contributed by atoms with Gasteiger partial charge in [-0.3, -0.25) is 9.10 Å². The van der Waals surface area contributed by atoms with E-state index in [0.29, 0.717) is 17.9 Å². The van der Waals surface area contributed by atoms with Gasteiger partial charge in [-0.05, 0) is 43.2 Å². The third-order valence-electron chi connectivity index (χ3n) is 4.69. The van der Waals surface area contributed by atoms with Crippen LogP contribution in [0.25, 0.3) is 0 Å². The van der Waals surface area contributed by atoms with Gasteiger partial charge in [-0.15, -0.1) is 0 Å². The van der Waals surface area contributed by atoms with E-state index >= 15 is 0 Å². The number of sulfone groups is 1. The quantitative estimate of drug-likeness (QED) is 0.574. The van der Waals surface area contributed by atoms with Gasteiger partial charge in [0.2, 0.25) is 15.9 Å². The number of anilines is 1. The zero-order valence-electron chi connectivity index (χ0n) is 18.0. The monoisotopic (exact) mass is 468 g/mol. The maximum absolute atomic E-state index is 12.3. The molecule has 2 rings (SSSR count). The van der Waals surface area contributed by atoms with E-state index in [1.807, 2.05) is 0 Å². The van der Waals surface area contributed by atoms with Gasteiger partial charge in [0, 0.05) is 25.3 Å². The van der Waals surface area contributed by atoms with Crippen LogP contribution in [-0.2, 0) is 24.7 Å². The molecule has 0 heterocycles. The fourth-order valence-electron chi connectivity index (χ4n) is 3.04. The second-order valence-electron chi connectivity index (χ2n) is 7.27. The summed E-state index contributed by atoms with van der Waals surface area (Å²) in [6.45, 7) is 1.95. The van der Waals surface area contributed by atoms with Gasteiger partial charge >= 0.3 is 0 Å². The molecule has 0 aliphatic heterocycles. The number of carbonyl (C=O) groups is 1. The van der Waals surface area contributed by atoms with Gasteiger partial charge in [0.05, 0.1) is 30.0 Å². The van der Waals surface area contributed by atoms with Crippen molar-refractivity contribution in [2.24, 2.45) is 0 Å². The summed E-state index contributed by atoms with van der Waals surface area (Å²) in [5, 5.41) is 2.85. The van der Waals surface area contributed by atoms with Crippen molar-refractivity contribution in [1.29, 1.82) is 0 Å². The van der Waals surface area contributed by atoms with Gasteiger partial charge in [-0.2, -0.15) is 0 Å². The lowest BCUT2D eigenvalue weighted by atomic mass is 10.1. The first-order chi connectivity index (χ1) is 14.4. The second kappa shape index (κ2) is 10.1. The van der Waals surface area contributed by atoms with Crippen LogP contribution in [0.3, 0.4) is 0 Å². The highest BCUT2D eigenvalue weighted by atomic mass is 32.2. The Balaban J connectivity index is 1.96. The summed E-state index contributed by atoms with van der Waals surface area (Å²) >= 11 is 0. The second-order valence-corrected chi connectivity index (χ2v) is 11.2. The third-order valence-corrected chi connectivity index (χ3v) is 7.01. The fourth-order valence-corrected chi connectivity index (χ4v) is 4.62. The number of benzene rings is 2. The summed E-state index contributed by atoms with van der Waals surface area (Å²) in [6.07, 6.45) is 2.73. The standard InChI is InChI=1S/C21H28N2O6S2/c1-16(17-10-12-20(13-11-17)30(3,25)26)22-21(24)9-6-14-23(31(4,27)28)18-7-5-8-19(15-18)29-2/h5,7-8,10-13,15-16H,6,9,14H2,1-4H3,(H,22,24)/t16-/m1/s1. The van der Waals surface area contributed by atoms with Crippen LogP contribution in [0.2, 0.25) is 0 Å². The van der Waals surface area contributed by atoms with Crippen LogP contribution in [0.5, 0.6) is 5.75 Å². The van der Waals surface area contributed by atoms with E-state index in [1.54, 1.807) is 43.3 Å². The number of rotatable bonds is 10. The number of nitrogens with one attached hydrogen (secondary N) is 1. The molecule has 0 saturated heterocycles. The molecule has 0 fully saturated rings. The largest absolute Gasteiger partial charge is 0.497 e. The lowest BCUT2D eigenvalue weighted by Gasteiger charge is -2.23. The minimum atomic E-state index is -3.53. The lowest BCUT2D eigenvalue weighted by molar-refractivity contribution is -0.121. The van der Waals surface area contributed by atoms with Crippen molar-refractivity contribution >= 4 is 31.5 Å². The number of sulfonamides is 1. The smallest absolute Gasteiger partial charge is 0.232 e. The molecule has 31 heavy (non-hydrogen) atoms. The molecule has 1 amide bonds. The Bertz CT molecular complexity index is 1110. The normalized spacial score (nSPS) is 12.8. The Kier molecular flexibility index (Phi) is 8.08. The molecule has 1 atom stereocenters. The number of hydrogen-bond acceptors (Lipinski definition) is 6. The molecule has 0 unspecified atom stereocenters. The Morgan fingerprint density at radius 1 is 1.06 bits per heavy atom. The van der Waals surface area contributed by atoms with Gasteiger partial charge in [0.1, 0.15) is 5.75 Å².